The van der Waals surface area contributed by atoms with Crippen molar-refractivity contribution in [3.05, 3.63) is 48.6 Å². The van der Waals surface area contributed by atoms with E-state index in [9.17, 15) is 14.3 Å². The van der Waals surface area contributed by atoms with E-state index in [0.717, 1.165) is 24.6 Å². The summed E-state index contributed by atoms with van der Waals surface area (Å²) in [6.07, 6.45) is 8.85. The number of H-pyrrole nitrogens is 1. The van der Waals surface area contributed by atoms with Gasteiger partial charge < -0.3 is 10.4 Å². The number of fused-ring (bicyclic) bond motifs is 4. The van der Waals surface area contributed by atoms with Gasteiger partial charge in [0.1, 0.15) is 17.0 Å². The Hall–Kier alpha value is -3.82. The van der Waals surface area contributed by atoms with Crippen molar-refractivity contribution in [3.63, 3.8) is 0 Å². The maximum absolute atomic E-state index is 13.8. The number of rotatable bonds is 4. The summed E-state index contributed by atoms with van der Waals surface area (Å²) < 4.78 is 15.4. The Morgan fingerprint density at radius 2 is 2.13 bits per heavy atom. The lowest BCUT2D eigenvalue weighted by Gasteiger charge is -2.43. The summed E-state index contributed by atoms with van der Waals surface area (Å²) in [5.74, 6) is -0.851. The van der Waals surface area contributed by atoms with E-state index in [4.69, 9.17) is 0 Å². The average Bonchev–Trinajstić information content (AvgIpc) is 3.41. The number of halogens is 1. The Labute approximate surface area is 175 Å². The molecule has 0 aromatic carbocycles. The van der Waals surface area contributed by atoms with E-state index in [0.29, 0.717) is 28.4 Å². The largest absolute Gasteiger partial charge is 0.481 e. The molecule has 0 saturated heterocycles. The molecule has 1 saturated carbocycles. The third-order valence-corrected chi connectivity index (χ3v) is 6.33. The van der Waals surface area contributed by atoms with Crippen molar-refractivity contribution < 1.29 is 14.3 Å². The summed E-state index contributed by atoms with van der Waals surface area (Å²) >= 11 is 0. The summed E-state index contributed by atoms with van der Waals surface area (Å²) in [4.78, 5) is 20.7. The zero-order chi connectivity index (χ0) is 21.1. The van der Waals surface area contributed by atoms with Crippen LogP contribution < -0.4 is 5.32 Å². The van der Waals surface area contributed by atoms with Crippen molar-refractivity contribution in [1.82, 2.24) is 29.8 Å². The molecule has 7 rings (SSSR count). The van der Waals surface area contributed by atoms with Crippen LogP contribution in [0.15, 0.2) is 42.7 Å². The van der Waals surface area contributed by atoms with Gasteiger partial charge in [0.25, 0.3) is 0 Å². The minimum atomic E-state index is -0.807. The van der Waals surface area contributed by atoms with Crippen LogP contribution in [0.3, 0.4) is 0 Å². The fraction of sp³-hybridized carbons (Fsp3) is 0.286. The second-order valence-electron chi connectivity index (χ2n) is 8.07. The van der Waals surface area contributed by atoms with Gasteiger partial charge in [-0.3, -0.25) is 9.89 Å². The van der Waals surface area contributed by atoms with E-state index in [2.05, 4.69) is 36.7 Å². The van der Waals surface area contributed by atoms with E-state index >= 15 is 0 Å². The van der Waals surface area contributed by atoms with Crippen LogP contribution in [0.1, 0.15) is 12.8 Å². The molecule has 10 heteroatoms. The van der Waals surface area contributed by atoms with Gasteiger partial charge in [0.15, 0.2) is 11.5 Å². The molecule has 4 aromatic rings. The zero-order valence-electron chi connectivity index (χ0n) is 16.2. The number of anilines is 1. The van der Waals surface area contributed by atoms with Gasteiger partial charge in [-0.15, -0.1) is 5.10 Å². The molecule has 4 aromatic heterocycles. The molecule has 0 spiro atoms. The monoisotopic (exact) mass is 419 g/mol. The molecule has 4 unspecified atom stereocenters. The van der Waals surface area contributed by atoms with Crippen LogP contribution in [0, 0.1) is 23.6 Å². The van der Waals surface area contributed by atoms with E-state index < -0.39 is 17.7 Å². The molecular weight excluding hydrogens is 401 g/mol. The molecule has 9 nitrogen and oxygen atoms in total. The first kappa shape index (κ1) is 18.0. The quantitative estimate of drug-likeness (QED) is 0.435. The number of nitrogens with one attached hydrogen (secondary N) is 2. The topological polar surface area (TPSA) is 121 Å². The Morgan fingerprint density at radius 1 is 1.29 bits per heavy atom. The van der Waals surface area contributed by atoms with Crippen LogP contribution in [0.4, 0.5) is 10.2 Å². The lowest BCUT2D eigenvalue weighted by Crippen LogP contribution is -2.49. The fourth-order valence-corrected chi connectivity index (χ4v) is 4.88. The average molecular weight is 419 g/mol. The number of hydrogen-bond acceptors (Lipinski definition) is 6. The van der Waals surface area contributed by atoms with E-state index in [-0.39, 0.29) is 17.9 Å². The molecule has 31 heavy (non-hydrogen) atoms. The minimum absolute atomic E-state index is 0.00899. The van der Waals surface area contributed by atoms with Crippen molar-refractivity contribution in [2.45, 2.75) is 18.9 Å². The number of nitrogens with zero attached hydrogens (tertiary/aromatic N) is 5. The molecule has 156 valence electrons. The number of carboxylic acid groups (broad SMARTS) is 1. The molecule has 2 bridgehead atoms. The summed E-state index contributed by atoms with van der Waals surface area (Å²) in [6, 6.07) is 4.76. The van der Waals surface area contributed by atoms with Crippen molar-refractivity contribution in [2.75, 3.05) is 5.32 Å². The Bertz CT molecular complexity index is 1360. The highest BCUT2D eigenvalue weighted by Gasteiger charge is 2.45. The van der Waals surface area contributed by atoms with Gasteiger partial charge in [0, 0.05) is 12.2 Å². The minimum Gasteiger partial charge on any atom is -0.481 e. The maximum Gasteiger partial charge on any atom is 0.309 e. The van der Waals surface area contributed by atoms with Gasteiger partial charge in [-0.1, -0.05) is 12.2 Å². The standard InChI is InChI=1S/C21H18FN7O2/c22-12-8-13-17(26-27-18(13)23-9-12)20-25-19(14-2-1-7-29(14)28-20)24-16-11-5-3-10(4-6-11)15(16)21(30)31/h1-3,5,7-11,15-16H,4,6H2,(H,30,31)(H,23,26,27)(H,24,25,28). The third kappa shape index (κ3) is 2.78. The predicted molar refractivity (Wildman–Crippen MR) is 110 cm³/mol. The molecule has 3 N–H and O–H groups in total. The molecule has 0 aliphatic heterocycles. The fourth-order valence-electron chi connectivity index (χ4n) is 4.88. The van der Waals surface area contributed by atoms with Crippen LogP contribution in [0.25, 0.3) is 28.1 Å². The number of allylic oxidation sites excluding steroid dienone is 1. The first-order valence-electron chi connectivity index (χ1n) is 10.1. The van der Waals surface area contributed by atoms with Crippen molar-refractivity contribution in [3.8, 4) is 11.5 Å². The lowest BCUT2D eigenvalue weighted by atomic mass is 9.66. The van der Waals surface area contributed by atoms with Gasteiger partial charge in [-0.2, -0.15) is 5.10 Å². The maximum atomic E-state index is 13.8. The van der Waals surface area contributed by atoms with Crippen LogP contribution in [0.2, 0.25) is 0 Å². The van der Waals surface area contributed by atoms with Gasteiger partial charge >= 0.3 is 5.97 Å². The Kier molecular flexibility index (Phi) is 3.83. The lowest BCUT2D eigenvalue weighted by molar-refractivity contribution is -0.145. The van der Waals surface area contributed by atoms with Crippen LogP contribution in [-0.2, 0) is 4.79 Å². The smallest absolute Gasteiger partial charge is 0.309 e. The molecule has 3 aliphatic carbocycles. The van der Waals surface area contributed by atoms with Crippen LogP contribution in [0.5, 0.6) is 0 Å². The van der Waals surface area contributed by atoms with Crippen molar-refractivity contribution >= 4 is 28.3 Å². The summed E-state index contributed by atoms with van der Waals surface area (Å²) in [6.45, 7) is 0. The van der Waals surface area contributed by atoms with E-state index in [1.54, 1.807) is 10.7 Å². The molecule has 3 aliphatic rings. The highest BCUT2D eigenvalue weighted by molar-refractivity contribution is 5.89. The van der Waals surface area contributed by atoms with Crippen LogP contribution >= 0.6 is 0 Å². The van der Waals surface area contributed by atoms with Gasteiger partial charge in [0.2, 0.25) is 5.82 Å². The number of carbonyl (C=O) groups is 1. The highest BCUT2D eigenvalue weighted by atomic mass is 19.1. The van der Waals surface area contributed by atoms with E-state index in [1.807, 2.05) is 18.2 Å². The highest BCUT2D eigenvalue weighted by Crippen LogP contribution is 2.42. The number of aromatic nitrogens is 6. The second kappa shape index (κ2) is 6.59. The summed E-state index contributed by atoms with van der Waals surface area (Å²) in [7, 11) is 0. The Morgan fingerprint density at radius 3 is 2.94 bits per heavy atom. The van der Waals surface area contributed by atoms with E-state index in [1.165, 1.54) is 6.07 Å². The SMILES string of the molecule is O=C(O)C1C2C=CC(CC2)C1Nc1nc(-c2[nH]nc3ncc(F)cc23)nn2cccc12. The molecule has 0 radical (unpaired) electrons. The molecular formula is C21H18FN7O2. The first-order valence-corrected chi connectivity index (χ1v) is 10.1. The Balaban J connectivity index is 1.47. The van der Waals surface area contributed by atoms with Gasteiger partial charge in [-0.25, -0.2) is 18.9 Å². The molecule has 0 amide bonds. The number of carboxylic acids is 1. The molecule has 1 fully saturated rings. The first-order chi connectivity index (χ1) is 15.1. The number of hydrogen-bond donors (Lipinski definition) is 3. The number of pyridine rings is 1. The molecule has 4 atom stereocenters. The van der Waals surface area contributed by atoms with Gasteiger partial charge in [-0.05, 0) is 42.9 Å². The number of aromatic amines is 1. The van der Waals surface area contributed by atoms with Crippen LogP contribution in [-0.4, -0.2) is 46.9 Å². The summed E-state index contributed by atoms with van der Waals surface area (Å²) in [5, 5.41) is 25.2. The predicted octanol–water partition coefficient (Wildman–Crippen LogP) is 2.88. The number of aliphatic carboxylic acids is 1. The zero-order valence-corrected chi connectivity index (χ0v) is 16.2. The second-order valence-corrected chi connectivity index (χ2v) is 8.07. The van der Waals surface area contributed by atoms with Gasteiger partial charge in [0.05, 0.1) is 17.5 Å². The molecule has 4 heterocycles. The van der Waals surface area contributed by atoms with Crippen molar-refractivity contribution in [1.29, 1.82) is 0 Å². The normalized spacial score (nSPS) is 24.8. The van der Waals surface area contributed by atoms with Crippen molar-refractivity contribution in [2.24, 2.45) is 17.8 Å². The summed E-state index contributed by atoms with van der Waals surface area (Å²) in [5.41, 5.74) is 1.54. The third-order valence-electron chi connectivity index (χ3n) is 6.33.